The Kier molecular flexibility index (Phi) is 11.1. The smallest absolute Gasteiger partial charge is 0.336 e. The molecule has 0 radical (unpaired) electrons. The van der Waals surface area contributed by atoms with Crippen molar-refractivity contribution in [3.05, 3.63) is 159 Å². The fourth-order valence-electron chi connectivity index (χ4n) is 9.89. The molecule has 6 N–H and O–H groups in total. The number of carbonyl (C=O) groups excluding carboxylic acids is 1. The molecule has 0 unspecified atom stereocenters. The summed E-state index contributed by atoms with van der Waals surface area (Å²) in [7, 11) is 3.56. The van der Waals surface area contributed by atoms with E-state index < -0.39 is 14.0 Å². The summed E-state index contributed by atoms with van der Waals surface area (Å²) in [5.41, 5.74) is 18.8. The average molecular weight is 867 g/mol. The Hall–Kier alpha value is -6.82. The number of carboxylic acid groups (broad SMARTS) is 1. The van der Waals surface area contributed by atoms with Gasteiger partial charge in [0.05, 0.1) is 16.6 Å². The summed E-state index contributed by atoms with van der Waals surface area (Å²) < 4.78 is 6.41. The van der Waals surface area contributed by atoms with E-state index in [1.54, 1.807) is 13.1 Å². The van der Waals surface area contributed by atoms with Crippen LogP contribution in [-0.4, -0.2) is 64.0 Å². The zero-order valence-electron chi connectivity index (χ0n) is 37.2. The number of hydrogen-bond acceptors (Lipinski definition) is 8. The molecule has 0 saturated heterocycles. The topological polar surface area (TPSA) is 157 Å². The van der Waals surface area contributed by atoms with Gasteiger partial charge in [0.25, 0.3) is 5.91 Å². The van der Waals surface area contributed by atoms with Crippen LogP contribution in [-0.2, 0) is 6.54 Å². The van der Waals surface area contributed by atoms with Crippen molar-refractivity contribution in [2.45, 2.75) is 64.3 Å². The number of hydrogen-bond donors (Lipinski definition) is 5. The summed E-state index contributed by atoms with van der Waals surface area (Å²) in [5.74, 6) is -0.432. The Morgan fingerprint density at radius 1 is 0.875 bits per heavy atom. The molecule has 3 aliphatic carbocycles. The molecule has 4 aromatic rings. The minimum Gasteiger partial charge on any atom is -0.478 e. The average Bonchev–Trinajstić information content (AvgIpc) is 3.28. The number of benzene rings is 5. The second kappa shape index (κ2) is 16.7. The summed E-state index contributed by atoms with van der Waals surface area (Å²) in [6, 6.07) is 30.0. The lowest BCUT2D eigenvalue weighted by molar-refractivity contribution is 0.0697. The number of nitrogens with one attached hydrogen (secondary N) is 3. The molecule has 10 nitrogen and oxygen atoms in total. The van der Waals surface area contributed by atoms with Crippen molar-refractivity contribution in [3.63, 3.8) is 0 Å². The van der Waals surface area contributed by atoms with E-state index in [4.69, 9.17) is 15.6 Å². The molecule has 1 fully saturated rings. The fourth-order valence-corrected chi connectivity index (χ4v) is 13.0. The number of fused-ring (bicyclic) bond motifs is 4. The van der Waals surface area contributed by atoms with Gasteiger partial charge in [-0.2, -0.15) is 0 Å². The van der Waals surface area contributed by atoms with Gasteiger partial charge in [0.15, 0.2) is 0 Å². The van der Waals surface area contributed by atoms with E-state index >= 15 is 0 Å². The van der Waals surface area contributed by atoms with E-state index in [-0.39, 0.29) is 23.6 Å². The van der Waals surface area contributed by atoms with Crippen LogP contribution in [0.2, 0.25) is 13.1 Å². The molecule has 11 heteroatoms. The number of nitrogens with zero attached hydrogens (tertiary/aromatic N) is 2. The van der Waals surface area contributed by atoms with Crippen LogP contribution in [0.25, 0.3) is 39.0 Å². The van der Waals surface area contributed by atoms with Gasteiger partial charge >= 0.3 is 5.97 Å². The van der Waals surface area contributed by atoms with Gasteiger partial charge in [-0.25, -0.2) is 4.79 Å². The first-order valence-corrected chi connectivity index (χ1v) is 25.0. The monoisotopic (exact) mass is 866 g/mol. The minimum atomic E-state index is -2.13. The molecule has 5 aliphatic rings. The molecule has 0 aromatic heterocycles. The molecule has 1 amide bonds. The lowest BCUT2D eigenvalue weighted by Gasteiger charge is -2.38. The third kappa shape index (κ3) is 7.79. The SMILES string of the molecule is CN=c1ccc2c(-c3ccc(CNC4CCC(NC(=O)c5ccc(C6=C7C=CC(=N)C=C7[Si](C)(C)c7cc(N)ccc76)c(C)c5)CC4)cc3C(=O)O)c3ccc(N(C)C)cc3oc-2c1. The maximum Gasteiger partial charge on any atom is 0.336 e. The van der Waals surface area contributed by atoms with Gasteiger partial charge in [-0.3, -0.25) is 9.79 Å². The van der Waals surface area contributed by atoms with E-state index in [9.17, 15) is 14.7 Å². The summed E-state index contributed by atoms with van der Waals surface area (Å²) in [5, 5.41) is 30.1. The van der Waals surface area contributed by atoms with Crippen molar-refractivity contribution in [1.82, 2.24) is 10.6 Å². The van der Waals surface area contributed by atoms with Crippen molar-refractivity contribution in [2.24, 2.45) is 4.99 Å². The molecular weight excluding hydrogens is 813 g/mol. The lowest BCUT2D eigenvalue weighted by Crippen LogP contribution is -2.49. The van der Waals surface area contributed by atoms with E-state index in [1.807, 2.05) is 97.9 Å². The van der Waals surface area contributed by atoms with Crippen LogP contribution in [0.5, 0.6) is 0 Å². The first-order chi connectivity index (χ1) is 30.7. The zero-order valence-corrected chi connectivity index (χ0v) is 38.2. The van der Waals surface area contributed by atoms with Gasteiger partial charge in [-0.1, -0.05) is 43.4 Å². The minimum absolute atomic E-state index is 0.0600. The summed E-state index contributed by atoms with van der Waals surface area (Å²) in [6.45, 7) is 7.24. The predicted octanol–water partition coefficient (Wildman–Crippen LogP) is 9.01. The van der Waals surface area contributed by atoms with Crippen molar-refractivity contribution in [2.75, 3.05) is 31.8 Å². The first kappa shape index (κ1) is 42.5. The van der Waals surface area contributed by atoms with Crippen molar-refractivity contribution in [3.8, 4) is 22.5 Å². The molecule has 1 saturated carbocycles. The number of amides is 1. The van der Waals surface area contributed by atoms with Crippen molar-refractivity contribution in [1.29, 1.82) is 5.41 Å². The van der Waals surface area contributed by atoms with Crippen LogP contribution in [0.1, 0.15) is 68.7 Å². The highest BCUT2D eigenvalue weighted by Crippen LogP contribution is 2.44. The molecule has 64 heavy (non-hydrogen) atoms. The van der Waals surface area contributed by atoms with Crippen LogP contribution in [0, 0.1) is 12.3 Å². The standard InChI is InChI=1S/C53H54N6O4Si/c1-30-23-32(8-18-39(30)50-43-19-9-33(54)25-48(43)64(5,6)49-26-34(55)10-20-44(49)50)52(60)58-36-13-11-35(12-14-36)57-29-31-7-17-40(45(24-31)53(61)62)51-41-21-15-37(56-2)27-46(41)63-47-28-38(59(3)4)16-22-42(47)51/h7-10,15-28,35-36,54,57H,11-14,29,55H2,1-6H3,(H,58,60)(H,61,62). The Balaban J connectivity index is 0.880. The number of allylic oxidation sites excluding steroid dienone is 5. The number of rotatable bonds is 9. The van der Waals surface area contributed by atoms with Crippen LogP contribution >= 0.6 is 0 Å². The van der Waals surface area contributed by atoms with Gasteiger partial charge in [0.1, 0.15) is 19.4 Å². The van der Waals surface area contributed by atoms with Crippen LogP contribution in [0.4, 0.5) is 11.4 Å². The number of carbonyl (C=O) groups is 2. The molecule has 0 bridgehead atoms. The number of carboxylic acids is 1. The molecular formula is C53H54N6O4Si. The number of aromatic carboxylic acids is 1. The van der Waals surface area contributed by atoms with E-state index in [0.29, 0.717) is 34.7 Å². The van der Waals surface area contributed by atoms with Crippen LogP contribution in [0.15, 0.2) is 129 Å². The fraction of sp³-hybridized carbons (Fsp3) is 0.245. The number of nitrogen functional groups attached to an aromatic ring is 1. The molecule has 324 valence electrons. The highest BCUT2D eigenvalue weighted by Gasteiger charge is 2.40. The van der Waals surface area contributed by atoms with E-state index in [0.717, 1.165) is 86.8 Å². The number of anilines is 2. The molecule has 2 aliphatic heterocycles. The van der Waals surface area contributed by atoms with Gasteiger partial charge in [0, 0.05) is 85.4 Å². The van der Waals surface area contributed by atoms with E-state index in [2.05, 4.69) is 59.9 Å². The van der Waals surface area contributed by atoms with Gasteiger partial charge in [-0.15, -0.1) is 0 Å². The van der Waals surface area contributed by atoms with Crippen LogP contribution in [0.3, 0.4) is 0 Å². The third-order valence-corrected chi connectivity index (χ3v) is 16.9. The second-order valence-corrected chi connectivity index (χ2v) is 22.5. The van der Waals surface area contributed by atoms with Gasteiger partial charge in [-0.05, 0) is 149 Å². The first-order valence-electron chi connectivity index (χ1n) is 22.0. The van der Waals surface area contributed by atoms with Gasteiger partial charge in [0.2, 0.25) is 0 Å². The maximum absolute atomic E-state index is 13.7. The Labute approximate surface area is 374 Å². The van der Waals surface area contributed by atoms with Crippen molar-refractivity contribution >= 4 is 58.8 Å². The van der Waals surface area contributed by atoms with E-state index in [1.165, 1.54) is 15.9 Å². The predicted molar refractivity (Wildman–Crippen MR) is 262 cm³/mol. The number of nitrogens with two attached hydrogens (primary N) is 1. The molecule has 2 heterocycles. The number of aryl methyl sites for hydroxylation is 1. The third-order valence-electron chi connectivity index (χ3n) is 13.4. The zero-order chi connectivity index (χ0) is 45.0. The summed E-state index contributed by atoms with van der Waals surface area (Å²) in [4.78, 5) is 33.0. The maximum atomic E-state index is 13.7. The molecule has 9 rings (SSSR count). The largest absolute Gasteiger partial charge is 0.478 e. The second-order valence-electron chi connectivity index (χ2n) is 18.1. The highest BCUT2D eigenvalue weighted by atomic mass is 28.3. The lowest BCUT2D eigenvalue weighted by atomic mass is 9.87. The molecule has 0 spiro atoms. The molecule has 4 aromatic carbocycles. The Morgan fingerprint density at radius 2 is 1.61 bits per heavy atom. The molecule has 0 atom stereocenters. The van der Waals surface area contributed by atoms with Crippen molar-refractivity contribution < 1.29 is 19.1 Å². The quantitative estimate of drug-likeness (QED) is 0.0552. The summed E-state index contributed by atoms with van der Waals surface area (Å²) >= 11 is 0. The normalized spacial score (nSPS) is 18.2. The Bertz CT molecular complexity index is 3060. The summed E-state index contributed by atoms with van der Waals surface area (Å²) in [6.07, 6.45) is 9.43. The Morgan fingerprint density at radius 3 is 2.34 bits per heavy atom. The van der Waals surface area contributed by atoms with Gasteiger partial charge < -0.3 is 36.2 Å². The highest BCUT2D eigenvalue weighted by molar-refractivity contribution is 6.98. The van der Waals surface area contributed by atoms with Crippen LogP contribution < -0.4 is 31.8 Å².